The molecule has 0 aromatic carbocycles. The Hall–Kier alpha value is -1.27. The molecule has 4 nitrogen and oxygen atoms in total. The highest BCUT2D eigenvalue weighted by atomic mass is 19.4. The van der Waals surface area contributed by atoms with Gasteiger partial charge in [0.1, 0.15) is 0 Å². The molecule has 0 aromatic heterocycles. The van der Waals surface area contributed by atoms with Crippen LogP contribution < -0.4 is 5.32 Å². The topological polar surface area (TPSA) is 49.4 Å². The molecule has 1 spiro atoms. The lowest BCUT2D eigenvalue weighted by molar-refractivity contribution is -0.184. The molecule has 0 bridgehead atoms. The largest absolute Gasteiger partial charge is 0.471 e. The second-order valence-corrected chi connectivity index (χ2v) is 4.43. The maximum Gasteiger partial charge on any atom is 0.471 e. The number of amides is 2. The molecule has 0 saturated carbocycles. The monoisotopic (exact) mass is 236 g/mol. The summed E-state index contributed by atoms with van der Waals surface area (Å²) >= 11 is 0. The first kappa shape index (κ1) is 11.2. The number of rotatable bonds is 0. The van der Waals surface area contributed by atoms with Crippen molar-refractivity contribution >= 4 is 11.8 Å². The van der Waals surface area contributed by atoms with Crippen LogP contribution in [-0.2, 0) is 9.59 Å². The number of likely N-dealkylation sites (tertiary alicyclic amines) is 1. The summed E-state index contributed by atoms with van der Waals surface area (Å²) in [4.78, 5) is 22.8. The summed E-state index contributed by atoms with van der Waals surface area (Å²) in [5.41, 5.74) is -0.474. The van der Waals surface area contributed by atoms with Gasteiger partial charge in [0, 0.05) is 31.5 Å². The molecule has 1 N–H and O–H groups in total. The lowest BCUT2D eigenvalue weighted by atomic mass is 9.86. The first-order chi connectivity index (χ1) is 7.32. The van der Waals surface area contributed by atoms with Crippen LogP contribution in [0.4, 0.5) is 13.2 Å². The van der Waals surface area contributed by atoms with E-state index in [1.54, 1.807) is 0 Å². The maximum atomic E-state index is 12.2. The molecule has 1 unspecified atom stereocenters. The fourth-order valence-electron chi connectivity index (χ4n) is 2.33. The molecule has 7 heteroatoms. The van der Waals surface area contributed by atoms with E-state index in [9.17, 15) is 22.8 Å². The van der Waals surface area contributed by atoms with Gasteiger partial charge in [-0.1, -0.05) is 0 Å². The van der Waals surface area contributed by atoms with Gasteiger partial charge in [0.2, 0.25) is 5.91 Å². The number of carbonyl (C=O) groups is 2. The van der Waals surface area contributed by atoms with Gasteiger partial charge >= 0.3 is 12.1 Å². The third-order valence-electron chi connectivity index (χ3n) is 3.16. The van der Waals surface area contributed by atoms with Gasteiger partial charge in [-0.25, -0.2) is 0 Å². The summed E-state index contributed by atoms with van der Waals surface area (Å²) in [7, 11) is 0. The van der Waals surface area contributed by atoms with E-state index in [0.29, 0.717) is 13.0 Å². The van der Waals surface area contributed by atoms with Crippen molar-refractivity contribution in [2.75, 3.05) is 19.6 Å². The number of hydrogen-bond donors (Lipinski definition) is 1. The lowest BCUT2D eigenvalue weighted by Crippen LogP contribution is -2.41. The Morgan fingerprint density at radius 3 is 2.62 bits per heavy atom. The van der Waals surface area contributed by atoms with Gasteiger partial charge in [-0.05, 0) is 6.42 Å². The Balaban J connectivity index is 2.04. The normalized spacial score (nSPS) is 29.9. The Morgan fingerprint density at radius 1 is 1.44 bits per heavy atom. The number of carbonyl (C=O) groups excluding carboxylic acids is 2. The minimum Gasteiger partial charge on any atom is -0.355 e. The van der Waals surface area contributed by atoms with E-state index in [1.165, 1.54) is 0 Å². The molecule has 16 heavy (non-hydrogen) atoms. The number of halogens is 3. The van der Waals surface area contributed by atoms with Crippen molar-refractivity contribution in [2.45, 2.75) is 19.0 Å². The van der Waals surface area contributed by atoms with Gasteiger partial charge in [0.15, 0.2) is 0 Å². The third kappa shape index (κ3) is 1.85. The van der Waals surface area contributed by atoms with Gasteiger partial charge in [-0.2, -0.15) is 13.2 Å². The van der Waals surface area contributed by atoms with Gasteiger partial charge in [-0.15, -0.1) is 0 Å². The van der Waals surface area contributed by atoms with Crippen molar-refractivity contribution in [1.82, 2.24) is 10.2 Å². The summed E-state index contributed by atoms with van der Waals surface area (Å²) in [5.74, 6) is -1.95. The van der Waals surface area contributed by atoms with Crippen molar-refractivity contribution in [3.63, 3.8) is 0 Å². The van der Waals surface area contributed by atoms with E-state index in [4.69, 9.17) is 0 Å². The standard InChI is InChI=1S/C9H11F3N2O2/c10-9(11,12)7(16)14-2-1-8(5-14)3-6(15)13-4-8/h1-5H2,(H,13,15). The first-order valence-corrected chi connectivity index (χ1v) is 4.95. The summed E-state index contributed by atoms with van der Waals surface area (Å²) in [5, 5.41) is 2.59. The minimum absolute atomic E-state index is 0.0179. The molecular weight excluding hydrogens is 225 g/mol. The van der Waals surface area contributed by atoms with Crippen LogP contribution in [0.5, 0.6) is 0 Å². The molecule has 90 valence electrons. The Bertz CT molecular complexity index is 342. The van der Waals surface area contributed by atoms with Crippen molar-refractivity contribution < 1.29 is 22.8 Å². The fraction of sp³-hybridized carbons (Fsp3) is 0.778. The number of nitrogens with zero attached hydrogens (tertiary/aromatic N) is 1. The zero-order valence-corrected chi connectivity index (χ0v) is 8.43. The first-order valence-electron chi connectivity index (χ1n) is 4.95. The van der Waals surface area contributed by atoms with E-state index < -0.39 is 17.5 Å². The van der Waals surface area contributed by atoms with Crippen LogP contribution in [0, 0.1) is 5.41 Å². The van der Waals surface area contributed by atoms with Gasteiger partial charge in [0.25, 0.3) is 0 Å². The Labute approximate surface area is 89.8 Å². The highest BCUT2D eigenvalue weighted by molar-refractivity contribution is 5.83. The minimum atomic E-state index is -4.82. The zero-order chi connectivity index (χ0) is 12.0. The Kier molecular flexibility index (Phi) is 2.36. The quantitative estimate of drug-likeness (QED) is 0.657. The number of nitrogens with one attached hydrogen (secondary N) is 1. The highest BCUT2D eigenvalue weighted by Gasteiger charge is 2.50. The zero-order valence-electron chi connectivity index (χ0n) is 8.43. The van der Waals surface area contributed by atoms with Crippen molar-refractivity contribution in [1.29, 1.82) is 0 Å². The number of alkyl halides is 3. The molecule has 2 saturated heterocycles. The number of hydrogen-bond acceptors (Lipinski definition) is 2. The lowest BCUT2D eigenvalue weighted by Gasteiger charge is -2.22. The molecule has 0 aromatic rings. The van der Waals surface area contributed by atoms with Crippen LogP contribution in [0.25, 0.3) is 0 Å². The smallest absolute Gasteiger partial charge is 0.355 e. The molecule has 2 fully saturated rings. The predicted octanol–water partition coefficient (Wildman–Crippen LogP) is 0.287. The van der Waals surface area contributed by atoms with E-state index in [1.807, 2.05) is 0 Å². The summed E-state index contributed by atoms with van der Waals surface area (Å²) in [6, 6.07) is 0. The molecule has 2 rings (SSSR count). The van der Waals surface area contributed by atoms with Crippen LogP contribution in [0.2, 0.25) is 0 Å². The van der Waals surface area contributed by atoms with Crippen LogP contribution in [0.15, 0.2) is 0 Å². The summed E-state index contributed by atoms with van der Waals surface area (Å²) in [6.07, 6.45) is -4.15. The van der Waals surface area contributed by atoms with E-state index >= 15 is 0 Å². The van der Waals surface area contributed by atoms with Gasteiger partial charge in [-0.3, -0.25) is 9.59 Å². The molecular formula is C9H11F3N2O2. The summed E-state index contributed by atoms with van der Waals surface area (Å²) < 4.78 is 36.5. The molecule has 1 atom stereocenters. The fourth-order valence-corrected chi connectivity index (χ4v) is 2.33. The highest BCUT2D eigenvalue weighted by Crippen LogP contribution is 2.37. The maximum absolute atomic E-state index is 12.2. The molecule has 2 aliphatic heterocycles. The van der Waals surface area contributed by atoms with Crippen LogP contribution in [-0.4, -0.2) is 42.5 Å². The third-order valence-corrected chi connectivity index (χ3v) is 3.16. The van der Waals surface area contributed by atoms with Crippen molar-refractivity contribution in [3.05, 3.63) is 0 Å². The molecule has 2 amide bonds. The van der Waals surface area contributed by atoms with E-state index in [-0.39, 0.29) is 25.4 Å². The van der Waals surface area contributed by atoms with E-state index in [2.05, 4.69) is 5.32 Å². The van der Waals surface area contributed by atoms with Crippen LogP contribution in [0.1, 0.15) is 12.8 Å². The predicted molar refractivity (Wildman–Crippen MR) is 47.3 cm³/mol. The summed E-state index contributed by atoms with van der Waals surface area (Å²) in [6.45, 7) is 0.463. The van der Waals surface area contributed by atoms with Crippen LogP contribution in [0.3, 0.4) is 0 Å². The van der Waals surface area contributed by atoms with Gasteiger partial charge in [0.05, 0.1) is 0 Å². The molecule has 0 aliphatic carbocycles. The van der Waals surface area contributed by atoms with E-state index in [0.717, 1.165) is 4.90 Å². The SMILES string of the molecule is O=C1CC2(CCN(C(=O)C(F)(F)F)C2)CN1. The van der Waals surface area contributed by atoms with Crippen molar-refractivity contribution in [2.24, 2.45) is 5.41 Å². The average Bonchev–Trinajstić information content (AvgIpc) is 2.72. The Morgan fingerprint density at radius 2 is 2.12 bits per heavy atom. The molecule has 2 heterocycles. The van der Waals surface area contributed by atoms with Crippen molar-refractivity contribution in [3.8, 4) is 0 Å². The van der Waals surface area contributed by atoms with Crippen LogP contribution >= 0.6 is 0 Å². The van der Waals surface area contributed by atoms with Gasteiger partial charge < -0.3 is 10.2 Å². The second kappa shape index (κ2) is 3.36. The average molecular weight is 236 g/mol. The molecule has 0 radical (unpaired) electrons. The second-order valence-electron chi connectivity index (χ2n) is 4.43. The molecule has 2 aliphatic rings.